The molecule has 0 spiro atoms. The van der Waals surface area contributed by atoms with Crippen molar-refractivity contribution < 1.29 is 57.6 Å². The number of aliphatic hydroxyl groups is 1. The van der Waals surface area contributed by atoms with Crippen LogP contribution in [0.25, 0.3) is 0 Å². The van der Waals surface area contributed by atoms with Crippen LogP contribution in [0.5, 0.6) is 0 Å². The predicted molar refractivity (Wildman–Crippen MR) is 244 cm³/mol. The Labute approximate surface area is 374 Å². The Morgan fingerprint density at radius 2 is 1.02 bits per heavy atom. The number of carbonyl (C=O) groups is 5. The van der Waals surface area contributed by atoms with Gasteiger partial charge in [-0.1, -0.05) is 168 Å². The molecule has 0 heterocycles. The number of rotatable bonds is 42. The lowest BCUT2D eigenvalue weighted by Crippen LogP contribution is -2.53. The summed E-state index contributed by atoms with van der Waals surface area (Å²) in [5, 5.41) is 22.1. The first kappa shape index (κ1) is 61.5. The third-order valence-corrected chi connectivity index (χ3v) is 11.2. The quantitative estimate of drug-likeness (QED) is 0.0177. The molecular weight excluding hydrogens is 819 g/mol. The van der Waals surface area contributed by atoms with Crippen molar-refractivity contribution in [1.29, 1.82) is 0 Å². The lowest BCUT2D eigenvalue weighted by Gasteiger charge is -2.32. The second-order valence-electron chi connectivity index (χ2n) is 16.5. The zero-order chi connectivity index (χ0) is 46.8. The van der Waals surface area contributed by atoms with Gasteiger partial charge in [-0.3, -0.25) is 28.5 Å². The van der Waals surface area contributed by atoms with Gasteiger partial charge in [0.1, 0.15) is 6.04 Å². The molecule has 0 saturated heterocycles. The summed E-state index contributed by atoms with van der Waals surface area (Å²) in [6, 6.07) is -2.69. The summed E-state index contributed by atoms with van der Waals surface area (Å²) in [4.78, 5) is 71.0. The fraction of sp³-hybridized carbons (Fsp3) is 0.889. The molecule has 0 aliphatic carbocycles. The van der Waals surface area contributed by atoms with Crippen LogP contribution in [0.2, 0.25) is 0 Å². The molecule has 6 atom stereocenters. The van der Waals surface area contributed by atoms with Crippen LogP contribution in [0.15, 0.2) is 0 Å². The van der Waals surface area contributed by atoms with Crippen molar-refractivity contribution in [1.82, 2.24) is 5.32 Å². The molecule has 16 nitrogen and oxygen atoms in total. The Morgan fingerprint density at radius 3 is 1.32 bits per heavy atom. The second-order valence-corrected chi connectivity index (χ2v) is 17.3. The van der Waals surface area contributed by atoms with Crippen molar-refractivity contribution in [3.05, 3.63) is 0 Å². The first-order valence-corrected chi connectivity index (χ1v) is 25.1. The van der Waals surface area contributed by atoms with Gasteiger partial charge in [0.15, 0.2) is 12.2 Å². The predicted octanol–water partition coefficient (Wildman–Crippen LogP) is 7.52. The maximum Gasteiger partial charge on any atom is 0.325 e. The Morgan fingerprint density at radius 1 is 0.645 bits per heavy atom. The highest BCUT2D eigenvalue weighted by Crippen LogP contribution is 2.24. The Kier molecular flexibility index (Phi) is 43.2. The number of hydrogen-bond donors (Lipinski definition) is 7. The number of carboxylic acid groups (broad SMARTS) is 1. The minimum Gasteiger partial charge on any atom is -0.480 e. The van der Waals surface area contributed by atoms with Gasteiger partial charge in [-0.25, -0.2) is 0 Å². The minimum absolute atomic E-state index is 0.0288. The maximum absolute atomic E-state index is 13.4. The monoisotopic (exact) mass is 909 g/mol. The van der Waals surface area contributed by atoms with E-state index in [0.717, 1.165) is 51.4 Å². The van der Waals surface area contributed by atoms with Crippen molar-refractivity contribution in [2.45, 2.75) is 231 Å². The van der Waals surface area contributed by atoms with Gasteiger partial charge >= 0.3 is 26.2 Å². The molecule has 62 heavy (non-hydrogen) atoms. The van der Waals surface area contributed by atoms with Gasteiger partial charge in [0, 0.05) is 19.4 Å². The number of nitrogens with two attached hydrogens (primary N) is 3. The zero-order valence-electron chi connectivity index (χ0n) is 38.8. The number of hydrogen-bond acceptors (Lipinski definition) is 12. The molecule has 3 unspecified atom stereocenters. The van der Waals surface area contributed by atoms with Crippen LogP contribution < -0.4 is 22.5 Å². The highest BCUT2D eigenvalue weighted by atomic mass is 31.1. The van der Waals surface area contributed by atoms with E-state index in [-0.39, 0.29) is 26.0 Å². The fourth-order valence-electron chi connectivity index (χ4n) is 6.95. The van der Waals surface area contributed by atoms with Crippen LogP contribution in [0, 0.1) is 5.92 Å². The molecular formula is C45H89N4O12P. The topological polar surface area (TPSA) is 281 Å². The number of aliphatic hydroxyl groups excluding tert-OH is 1. The maximum atomic E-state index is 13.4. The van der Waals surface area contributed by atoms with Crippen LogP contribution in [-0.4, -0.2) is 88.9 Å². The number of carboxylic acids is 1. The van der Waals surface area contributed by atoms with E-state index in [9.17, 15) is 38.8 Å². The fourth-order valence-corrected chi connectivity index (χ4v) is 7.24. The molecule has 17 heteroatoms. The molecule has 0 aromatic carbocycles. The van der Waals surface area contributed by atoms with Gasteiger partial charge in [0.05, 0.1) is 25.2 Å². The number of nitrogens with one attached hydrogen (secondary N) is 1. The Balaban J connectivity index is 0. The number of aliphatic carboxylic acids is 1. The molecule has 10 N–H and O–H groups in total. The minimum atomic E-state index is -2.73. The van der Waals surface area contributed by atoms with E-state index in [1.807, 2.05) is 0 Å². The van der Waals surface area contributed by atoms with E-state index in [2.05, 4.69) is 23.7 Å². The molecule has 0 aromatic heterocycles. The van der Waals surface area contributed by atoms with Gasteiger partial charge in [-0.15, -0.1) is 0 Å². The Hall–Kier alpha value is -2.62. The number of esters is 2. The molecule has 0 saturated carbocycles. The highest BCUT2D eigenvalue weighted by molar-refractivity contribution is 7.32. The SMILES string of the molecule is CCCCCCCCCCCCCCCC(=O)OC(C(C[C@@H](N)C(N)=O)C(=O)N[C@@H](C)C(=O)O)[C@H](CO)OC(=O)CCCCCCCCCCCCCCC.NCCO[PH](=O)O. The summed E-state index contributed by atoms with van der Waals surface area (Å²) in [7, 11) is -2.73. The molecule has 0 rings (SSSR count). The van der Waals surface area contributed by atoms with E-state index < -0.39 is 81.2 Å². The van der Waals surface area contributed by atoms with E-state index in [1.54, 1.807) is 0 Å². The van der Waals surface area contributed by atoms with E-state index >= 15 is 0 Å². The largest absolute Gasteiger partial charge is 0.480 e. The van der Waals surface area contributed by atoms with Crippen molar-refractivity contribution in [2.75, 3.05) is 19.8 Å². The summed E-state index contributed by atoms with van der Waals surface area (Å²) >= 11 is 0. The first-order chi connectivity index (χ1) is 29.7. The molecule has 2 amide bonds. The number of carbonyl (C=O) groups excluding carboxylic acids is 4. The van der Waals surface area contributed by atoms with Crippen LogP contribution in [0.4, 0.5) is 0 Å². The van der Waals surface area contributed by atoms with Crippen LogP contribution in [0.3, 0.4) is 0 Å². The summed E-state index contributed by atoms with van der Waals surface area (Å²) < 4.78 is 25.2. The smallest absolute Gasteiger partial charge is 0.325 e. The highest BCUT2D eigenvalue weighted by Gasteiger charge is 2.41. The van der Waals surface area contributed by atoms with E-state index in [0.29, 0.717) is 12.8 Å². The summed E-state index contributed by atoms with van der Waals surface area (Å²) in [5.41, 5.74) is 16.2. The molecule has 0 bridgehead atoms. The number of ether oxygens (including phenoxy) is 2. The standard InChI is InChI=1S/C43H81N3O9.C2H8NO3P/c1-4-6-8-10-12-14-16-18-20-22-24-26-28-30-38(48)54-37(33-47)40(35(32-36(44)41(45)50)42(51)46-34(3)43(52)53)55-39(49)31-29-27-25-23-21-19-17-15-13-11-9-7-5-2;3-1-2-6-7(4)5/h34-37,40,47H,4-33,44H2,1-3H3,(H2,45,50)(H,46,51)(H,52,53);7H,1-3H2,(H,4,5)/t34-,35?,36+,37-,40?;/m0./s1. The van der Waals surface area contributed by atoms with Crippen molar-refractivity contribution in [3.63, 3.8) is 0 Å². The van der Waals surface area contributed by atoms with E-state index in [1.165, 1.54) is 110 Å². The van der Waals surface area contributed by atoms with Gasteiger partial charge in [0.2, 0.25) is 11.8 Å². The van der Waals surface area contributed by atoms with Crippen molar-refractivity contribution in [2.24, 2.45) is 23.1 Å². The zero-order valence-corrected chi connectivity index (χ0v) is 39.8. The molecule has 366 valence electrons. The summed E-state index contributed by atoms with van der Waals surface area (Å²) in [5.74, 6) is -5.88. The molecule has 0 aromatic rings. The second kappa shape index (κ2) is 43.6. The van der Waals surface area contributed by atoms with Crippen LogP contribution in [0.1, 0.15) is 207 Å². The molecule has 0 radical (unpaired) electrons. The molecule has 0 fully saturated rings. The van der Waals surface area contributed by atoms with Crippen LogP contribution in [-0.2, 0) is 42.5 Å². The first-order valence-electron chi connectivity index (χ1n) is 23.9. The third kappa shape index (κ3) is 37.9. The van der Waals surface area contributed by atoms with Crippen molar-refractivity contribution in [3.8, 4) is 0 Å². The van der Waals surface area contributed by atoms with Gasteiger partial charge in [0.25, 0.3) is 0 Å². The van der Waals surface area contributed by atoms with Gasteiger partial charge in [-0.2, -0.15) is 0 Å². The third-order valence-electron chi connectivity index (χ3n) is 10.7. The average molecular weight is 909 g/mol. The number of unbranched alkanes of at least 4 members (excludes halogenated alkanes) is 24. The summed E-state index contributed by atoms with van der Waals surface area (Å²) in [6.07, 6.45) is 26.4. The van der Waals surface area contributed by atoms with Crippen LogP contribution >= 0.6 is 8.25 Å². The van der Waals surface area contributed by atoms with Gasteiger partial charge < -0.3 is 51.6 Å². The van der Waals surface area contributed by atoms with Crippen molar-refractivity contribution >= 4 is 38.0 Å². The van der Waals surface area contributed by atoms with E-state index in [4.69, 9.17) is 31.6 Å². The van der Waals surface area contributed by atoms with Gasteiger partial charge in [-0.05, 0) is 26.2 Å². The molecule has 0 aliphatic heterocycles. The number of primary amides is 1. The number of amides is 2. The Bertz CT molecular complexity index is 1170. The lowest BCUT2D eigenvalue weighted by molar-refractivity contribution is -0.178. The lowest BCUT2D eigenvalue weighted by atomic mass is 9.89. The average Bonchev–Trinajstić information content (AvgIpc) is 3.23. The summed E-state index contributed by atoms with van der Waals surface area (Å²) in [6.45, 7) is 5.36. The molecule has 0 aliphatic rings. The normalized spacial score (nSPS) is 14.0.